The van der Waals surface area contributed by atoms with Crippen LogP contribution in [0.15, 0.2) is 30.5 Å². The molecule has 2 heterocycles. The maximum Gasteiger partial charge on any atom is 0.358 e. The third-order valence-electron chi connectivity index (χ3n) is 1.85. The Balaban J connectivity index is 2.40. The zero-order valence-electron chi connectivity index (χ0n) is 7.80. The van der Waals surface area contributed by atoms with E-state index >= 15 is 0 Å². The molecule has 0 amide bonds. The predicted molar refractivity (Wildman–Crippen MR) is 51.1 cm³/mol. The van der Waals surface area contributed by atoms with Crippen LogP contribution in [0.4, 0.5) is 0 Å². The van der Waals surface area contributed by atoms with Crippen LogP contribution in [0.25, 0.3) is 5.52 Å². The van der Waals surface area contributed by atoms with Crippen molar-refractivity contribution < 1.29 is 9.53 Å². The molecule has 0 unspecified atom stereocenters. The number of nitrogens with zero attached hydrogens (tertiary/aromatic N) is 2. The third-order valence-corrected chi connectivity index (χ3v) is 1.85. The largest absolute Gasteiger partial charge is 0.461 e. The Kier molecular flexibility index (Phi) is 2.18. The topological polar surface area (TPSA) is 43.6 Å². The molecule has 0 spiro atoms. The second-order valence-corrected chi connectivity index (χ2v) is 2.82. The van der Waals surface area contributed by atoms with Crippen molar-refractivity contribution in [2.45, 2.75) is 6.92 Å². The van der Waals surface area contributed by atoms with Crippen LogP contribution < -0.4 is 0 Å². The van der Waals surface area contributed by atoms with E-state index in [-0.39, 0.29) is 5.97 Å². The van der Waals surface area contributed by atoms with Crippen molar-refractivity contribution in [3.63, 3.8) is 0 Å². The fourth-order valence-corrected chi connectivity index (χ4v) is 1.24. The molecule has 0 N–H and O–H groups in total. The molecular weight excluding hydrogens is 180 g/mol. The van der Waals surface area contributed by atoms with Crippen molar-refractivity contribution in [1.82, 2.24) is 9.61 Å². The summed E-state index contributed by atoms with van der Waals surface area (Å²) in [5, 5.41) is 4.07. The zero-order valence-corrected chi connectivity index (χ0v) is 7.80. The Morgan fingerprint density at radius 2 is 2.43 bits per heavy atom. The second kappa shape index (κ2) is 3.49. The Morgan fingerprint density at radius 3 is 3.14 bits per heavy atom. The highest BCUT2D eigenvalue weighted by molar-refractivity contribution is 5.88. The van der Waals surface area contributed by atoms with E-state index in [0.29, 0.717) is 12.3 Å². The number of ether oxygens (including phenoxy) is 1. The molecule has 4 heteroatoms. The Hall–Kier alpha value is -1.84. The number of pyridine rings is 1. The average Bonchev–Trinajstić information content (AvgIpc) is 2.61. The molecule has 72 valence electrons. The second-order valence-electron chi connectivity index (χ2n) is 2.82. The van der Waals surface area contributed by atoms with Gasteiger partial charge in [0.05, 0.1) is 12.1 Å². The van der Waals surface area contributed by atoms with Gasteiger partial charge in [-0.15, -0.1) is 0 Å². The van der Waals surface area contributed by atoms with Crippen molar-refractivity contribution in [2.75, 3.05) is 6.61 Å². The molecule has 0 aliphatic heterocycles. The monoisotopic (exact) mass is 190 g/mol. The van der Waals surface area contributed by atoms with Crippen molar-refractivity contribution in [3.05, 3.63) is 36.2 Å². The number of carbonyl (C=O) groups excluding carboxylic acids is 1. The minimum Gasteiger partial charge on any atom is -0.461 e. The Morgan fingerprint density at radius 1 is 1.57 bits per heavy atom. The van der Waals surface area contributed by atoms with Crippen LogP contribution in [-0.2, 0) is 4.74 Å². The quantitative estimate of drug-likeness (QED) is 0.674. The van der Waals surface area contributed by atoms with Crippen LogP contribution in [0.5, 0.6) is 0 Å². The van der Waals surface area contributed by atoms with Gasteiger partial charge < -0.3 is 4.74 Å². The molecule has 2 aromatic rings. The first kappa shape index (κ1) is 8.74. The van der Waals surface area contributed by atoms with E-state index in [0.717, 1.165) is 5.52 Å². The summed E-state index contributed by atoms with van der Waals surface area (Å²) in [6.45, 7) is 2.14. The standard InChI is InChI=1S/C10H10N2O2/c1-2-14-10(13)9-7-8-5-3-4-6-12(8)11-9/h3-7H,2H2,1H3. The smallest absolute Gasteiger partial charge is 0.358 e. The van der Waals surface area contributed by atoms with Crippen LogP contribution in [-0.4, -0.2) is 22.2 Å². The van der Waals surface area contributed by atoms with E-state index in [4.69, 9.17) is 4.74 Å². The molecule has 0 radical (unpaired) electrons. The Labute approximate surface area is 81.1 Å². The number of hydrogen-bond donors (Lipinski definition) is 0. The lowest BCUT2D eigenvalue weighted by Gasteiger charge is -1.95. The summed E-state index contributed by atoms with van der Waals surface area (Å²) in [7, 11) is 0. The summed E-state index contributed by atoms with van der Waals surface area (Å²) in [5.41, 5.74) is 1.23. The van der Waals surface area contributed by atoms with Gasteiger partial charge in [0.25, 0.3) is 0 Å². The molecule has 0 aliphatic carbocycles. The van der Waals surface area contributed by atoms with Gasteiger partial charge in [0.15, 0.2) is 5.69 Å². The molecule has 0 aromatic carbocycles. The molecule has 4 nitrogen and oxygen atoms in total. The molecule has 0 aliphatic rings. The first-order chi connectivity index (χ1) is 6.81. The van der Waals surface area contributed by atoms with Crippen LogP contribution in [0, 0.1) is 0 Å². The molecule has 0 saturated heterocycles. The Bertz CT molecular complexity index is 429. The number of fused-ring (bicyclic) bond motifs is 1. The summed E-state index contributed by atoms with van der Waals surface area (Å²) in [4.78, 5) is 11.3. The van der Waals surface area contributed by atoms with Crippen LogP contribution in [0.1, 0.15) is 17.4 Å². The molecule has 2 rings (SSSR count). The van der Waals surface area contributed by atoms with Gasteiger partial charge in [0, 0.05) is 6.20 Å². The summed E-state index contributed by atoms with van der Waals surface area (Å²) >= 11 is 0. The highest BCUT2D eigenvalue weighted by Gasteiger charge is 2.10. The summed E-state index contributed by atoms with van der Waals surface area (Å²) < 4.78 is 6.49. The molecule has 0 fully saturated rings. The number of rotatable bonds is 2. The minimum atomic E-state index is -0.379. The van der Waals surface area contributed by atoms with E-state index in [1.807, 2.05) is 18.2 Å². The van der Waals surface area contributed by atoms with E-state index in [1.165, 1.54) is 0 Å². The van der Waals surface area contributed by atoms with Crippen molar-refractivity contribution in [2.24, 2.45) is 0 Å². The van der Waals surface area contributed by atoms with Crippen LogP contribution in [0.2, 0.25) is 0 Å². The van der Waals surface area contributed by atoms with Crippen LogP contribution in [0.3, 0.4) is 0 Å². The van der Waals surface area contributed by atoms with Gasteiger partial charge in [0.2, 0.25) is 0 Å². The first-order valence-electron chi connectivity index (χ1n) is 4.43. The normalized spacial score (nSPS) is 10.4. The van der Waals surface area contributed by atoms with Gasteiger partial charge in [-0.05, 0) is 25.1 Å². The van der Waals surface area contributed by atoms with Crippen LogP contribution >= 0.6 is 0 Å². The molecule has 2 aromatic heterocycles. The van der Waals surface area contributed by atoms with E-state index in [9.17, 15) is 4.79 Å². The summed E-state index contributed by atoms with van der Waals surface area (Å²) in [5.74, 6) is -0.379. The average molecular weight is 190 g/mol. The van der Waals surface area contributed by atoms with Gasteiger partial charge in [0.1, 0.15) is 0 Å². The van der Waals surface area contributed by atoms with Gasteiger partial charge in [-0.25, -0.2) is 9.31 Å². The third kappa shape index (κ3) is 1.46. The zero-order chi connectivity index (χ0) is 9.97. The number of esters is 1. The van der Waals surface area contributed by atoms with Crippen molar-refractivity contribution in [1.29, 1.82) is 0 Å². The lowest BCUT2D eigenvalue weighted by Crippen LogP contribution is -2.05. The van der Waals surface area contributed by atoms with Gasteiger partial charge in [-0.1, -0.05) is 6.07 Å². The number of aromatic nitrogens is 2. The maximum atomic E-state index is 11.3. The molecule has 0 saturated carbocycles. The molecular formula is C10H10N2O2. The predicted octanol–water partition coefficient (Wildman–Crippen LogP) is 1.51. The van der Waals surface area contributed by atoms with Crippen molar-refractivity contribution in [3.8, 4) is 0 Å². The summed E-state index contributed by atoms with van der Waals surface area (Å²) in [6, 6.07) is 7.34. The van der Waals surface area contributed by atoms with E-state index in [2.05, 4.69) is 5.10 Å². The molecule has 0 bridgehead atoms. The SMILES string of the molecule is CCOC(=O)c1cc2ccccn2n1. The maximum absolute atomic E-state index is 11.3. The van der Waals surface area contributed by atoms with Gasteiger partial charge in [-0.2, -0.15) is 5.10 Å². The lowest BCUT2D eigenvalue weighted by molar-refractivity contribution is 0.0519. The number of carbonyl (C=O) groups is 1. The number of hydrogen-bond acceptors (Lipinski definition) is 3. The fourth-order valence-electron chi connectivity index (χ4n) is 1.24. The fraction of sp³-hybridized carbons (Fsp3) is 0.200. The highest BCUT2D eigenvalue weighted by atomic mass is 16.5. The molecule has 14 heavy (non-hydrogen) atoms. The minimum absolute atomic E-state index is 0.345. The van der Waals surface area contributed by atoms with E-state index in [1.54, 1.807) is 23.7 Å². The van der Waals surface area contributed by atoms with E-state index < -0.39 is 0 Å². The summed E-state index contributed by atoms with van der Waals surface area (Å²) in [6.07, 6.45) is 1.79. The first-order valence-corrected chi connectivity index (χ1v) is 4.43. The molecule has 0 atom stereocenters. The lowest BCUT2D eigenvalue weighted by atomic mass is 10.3. The van der Waals surface area contributed by atoms with Gasteiger partial charge in [-0.3, -0.25) is 0 Å². The van der Waals surface area contributed by atoms with Gasteiger partial charge >= 0.3 is 5.97 Å². The van der Waals surface area contributed by atoms with Crippen molar-refractivity contribution >= 4 is 11.5 Å². The highest BCUT2D eigenvalue weighted by Crippen LogP contribution is 2.06.